The molecule has 10 heteroatoms. The van der Waals surface area contributed by atoms with E-state index in [4.69, 9.17) is 0 Å². The molecule has 4 amide bonds. The van der Waals surface area contributed by atoms with Gasteiger partial charge in [-0.15, -0.1) is 0 Å². The predicted molar refractivity (Wildman–Crippen MR) is 122 cm³/mol. The third-order valence-corrected chi connectivity index (χ3v) is 7.37. The Morgan fingerprint density at radius 3 is 2.44 bits per heavy atom. The summed E-state index contributed by atoms with van der Waals surface area (Å²) in [5.74, 6) is -1.56. The second kappa shape index (κ2) is 9.32. The summed E-state index contributed by atoms with van der Waals surface area (Å²) in [6.45, 7) is 4.71. The van der Waals surface area contributed by atoms with E-state index in [1.807, 2.05) is 9.80 Å². The highest BCUT2D eigenvalue weighted by molar-refractivity contribution is 6.05. The van der Waals surface area contributed by atoms with E-state index in [2.05, 4.69) is 10.2 Å². The zero-order valence-electron chi connectivity index (χ0n) is 19.2. The number of nitrogens with zero attached hydrogens (tertiary/aromatic N) is 4. The Morgan fingerprint density at radius 2 is 1.74 bits per heavy atom. The van der Waals surface area contributed by atoms with Gasteiger partial charge in [-0.05, 0) is 50.0 Å². The summed E-state index contributed by atoms with van der Waals surface area (Å²) >= 11 is 0. The lowest BCUT2D eigenvalue weighted by molar-refractivity contribution is -0.137. The Labute approximate surface area is 197 Å². The van der Waals surface area contributed by atoms with Crippen molar-refractivity contribution in [2.24, 2.45) is 0 Å². The van der Waals surface area contributed by atoms with Crippen LogP contribution in [0.25, 0.3) is 0 Å². The van der Waals surface area contributed by atoms with Gasteiger partial charge < -0.3 is 14.7 Å². The lowest BCUT2D eigenvalue weighted by Crippen LogP contribution is -2.52. The highest BCUT2D eigenvalue weighted by Gasteiger charge is 2.40. The van der Waals surface area contributed by atoms with E-state index in [-0.39, 0.29) is 42.7 Å². The summed E-state index contributed by atoms with van der Waals surface area (Å²) in [7, 11) is 0. The topological polar surface area (TPSA) is 93.3 Å². The molecule has 1 aromatic carbocycles. The number of carbonyl (C=O) groups excluding carboxylic acids is 4. The number of rotatable bonds is 4. The van der Waals surface area contributed by atoms with Crippen molar-refractivity contribution < 1.29 is 23.6 Å². The minimum atomic E-state index is -0.724. The van der Waals surface area contributed by atoms with Crippen LogP contribution < -0.4 is 10.2 Å². The van der Waals surface area contributed by atoms with Crippen molar-refractivity contribution in [3.05, 3.63) is 29.1 Å². The first-order valence-electron chi connectivity index (χ1n) is 12.1. The molecule has 182 valence electrons. The molecule has 0 radical (unpaired) electrons. The highest BCUT2D eigenvalue weighted by atomic mass is 19.1. The first-order valence-corrected chi connectivity index (χ1v) is 12.1. The number of benzene rings is 1. The molecule has 34 heavy (non-hydrogen) atoms. The predicted octanol–water partition coefficient (Wildman–Crippen LogP) is 0.721. The van der Waals surface area contributed by atoms with Crippen LogP contribution in [0.15, 0.2) is 12.1 Å². The molecule has 1 atom stereocenters. The normalized spacial score (nSPS) is 23.9. The molecule has 4 heterocycles. The molecule has 0 aliphatic carbocycles. The van der Waals surface area contributed by atoms with Gasteiger partial charge in [-0.3, -0.25) is 29.4 Å². The molecule has 0 spiro atoms. The Hall–Kier alpha value is -3.01. The number of fused-ring (bicyclic) bond motifs is 1. The van der Waals surface area contributed by atoms with E-state index in [1.54, 1.807) is 6.07 Å². The maximum atomic E-state index is 15.0. The molecular weight excluding hydrogens is 441 g/mol. The van der Waals surface area contributed by atoms with Crippen LogP contribution in [0.4, 0.5) is 10.1 Å². The fourth-order valence-electron chi connectivity index (χ4n) is 5.42. The molecule has 5 rings (SSSR count). The Morgan fingerprint density at radius 1 is 1.00 bits per heavy atom. The van der Waals surface area contributed by atoms with Gasteiger partial charge in [0.05, 0.1) is 12.2 Å². The fraction of sp³-hybridized carbons (Fsp3) is 0.583. The van der Waals surface area contributed by atoms with E-state index >= 15 is 4.39 Å². The second-order valence-corrected chi connectivity index (χ2v) is 9.57. The SMILES string of the molecule is O=C1CCC(N2Cc3cc(N4CCN(C(=O)CN5CCCCC5)CC4)c(F)cc3C2=O)C(=O)N1. The number of likely N-dealkylation sites (tertiary alicyclic amines) is 1. The van der Waals surface area contributed by atoms with Crippen LogP contribution in [0, 0.1) is 5.82 Å². The van der Waals surface area contributed by atoms with Crippen LogP contribution in [0.3, 0.4) is 0 Å². The summed E-state index contributed by atoms with van der Waals surface area (Å²) in [6.07, 6.45) is 3.96. The molecule has 0 aromatic heterocycles. The van der Waals surface area contributed by atoms with Crippen LogP contribution in [-0.2, 0) is 20.9 Å². The monoisotopic (exact) mass is 471 g/mol. The molecule has 1 unspecified atom stereocenters. The van der Waals surface area contributed by atoms with Crippen molar-refractivity contribution in [2.45, 2.75) is 44.7 Å². The van der Waals surface area contributed by atoms with E-state index in [9.17, 15) is 19.2 Å². The smallest absolute Gasteiger partial charge is 0.255 e. The average Bonchev–Trinajstić information content (AvgIpc) is 3.14. The van der Waals surface area contributed by atoms with Gasteiger partial charge in [0.15, 0.2) is 0 Å². The van der Waals surface area contributed by atoms with E-state index in [1.165, 1.54) is 17.4 Å². The summed E-state index contributed by atoms with van der Waals surface area (Å²) < 4.78 is 15.0. The Kier molecular flexibility index (Phi) is 6.24. The zero-order chi connectivity index (χ0) is 23.8. The molecule has 0 saturated carbocycles. The summed E-state index contributed by atoms with van der Waals surface area (Å²) in [5, 5.41) is 2.28. The van der Waals surface area contributed by atoms with Gasteiger partial charge in [0.25, 0.3) is 5.91 Å². The summed E-state index contributed by atoms with van der Waals surface area (Å²) in [4.78, 5) is 56.7. The quantitative estimate of drug-likeness (QED) is 0.651. The second-order valence-electron chi connectivity index (χ2n) is 9.57. The standard InChI is InChI=1S/C24H30FN5O4/c25-18-13-17-16(14-30(24(17)34)19-4-5-21(31)26-23(19)33)12-20(18)28-8-10-29(11-9-28)22(32)15-27-6-2-1-3-7-27/h12-13,19H,1-11,14-15H2,(H,26,31,33). The van der Waals surface area contributed by atoms with Crippen LogP contribution in [-0.4, -0.2) is 90.2 Å². The first-order chi connectivity index (χ1) is 16.4. The number of hydrogen-bond acceptors (Lipinski definition) is 6. The third-order valence-electron chi connectivity index (χ3n) is 7.37. The van der Waals surface area contributed by atoms with Gasteiger partial charge in [0.2, 0.25) is 17.7 Å². The van der Waals surface area contributed by atoms with E-state index < -0.39 is 17.8 Å². The first kappa shape index (κ1) is 22.8. The molecule has 1 N–H and O–H groups in total. The fourth-order valence-corrected chi connectivity index (χ4v) is 5.42. The van der Waals surface area contributed by atoms with Crippen LogP contribution in [0.2, 0.25) is 0 Å². The lowest BCUT2D eigenvalue weighted by Gasteiger charge is -2.37. The third kappa shape index (κ3) is 4.38. The van der Waals surface area contributed by atoms with Crippen LogP contribution in [0.1, 0.15) is 48.0 Å². The molecule has 9 nitrogen and oxygen atoms in total. The molecule has 3 saturated heterocycles. The largest absolute Gasteiger partial charge is 0.366 e. The number of imide groups is 1. The Balaban J connectivity index is 1.23. The molecule has 1 aromatic rings. The summed E-state index contributed by atoms with van der Waals surface area (Å²) in [5.41, 5.74) is 1.36. The van der Waals surface area contributed by atoms with Gasteiger partial charge in [0, 0.05) is 44.7 Å². The number of piperazine rings is 1. The number of carbonyl (C=O) groups is 4. The number of piperidine rings is 2. The molecule has 0 bridgehead atoms. The minimum Gasteiger partial charge on any atom is -0.366 e. The molecule has 3 fully saturated rings. The van der Waals surface area contributed by atoms with Crippen molar-refractivity contribution >= 4 is 29.3 Å². The number of halogens is 1. The van der Waals surface area contributed by atoms with Crippen LogP contribution in [0.5, 0.6) is 0 Å². The highest BCUT2D eigenvalue weighted by Crippen LogP contribution is 2.33. The van der Waals surface area contributed by atoms with Gasteiger partial charge in [0.1, 0.15) is 11.9 Å². The van der Waals surface area contributed by atoms with Gasteiger partial charge >= 0.3 is 0 Å². The number of nitrogens with one attached hydrogen (secondary N) is 1. The molecule has 4 aliphatic heterocycles. The molecular formula is C24H30FN5O4. The number of anilines is 1. The maximum absolute atomic E-state index is 15.0. The molecule has 4 aliphatic rings. The van der Waals surface area contributed by atoms with E-state index in [0.29, 0.717) is 44.0 Å². The van der Waals surface area contributed by atoms with Crippen molar-refractivity contribution in [3.8, 4) is 0 Å². The van der Waals surface area contributed by atoms with Gasteiger partial charge in [-0.1, -0.05) is 6.42 Å². The van der Waals surface area contributed by atoms with Crippen molar-refractivity contribution in [1.29, 1.82) is 0 Å². The van der Waals surface area contributed by atoms with Crippen molar-refractivity contribution in [1.82, 2.24) is 20.0 Å². The summed E-state index contributed by atoms with van der Waals surface area (Å²) in [6, 6.07) is 2.23. The number of amides is 4. The minimum absolute atomic E-state index is 0.126. The lowest BCUT2D eigenvalue weighted by atomic mass is 10.0. The zero-order valence-corrected chi connectivity index (χ0v) is 19.2. The average molecular weight is 472 g/mol. The van der Waals surface area contributed by atoms with E-state index in [0.717, 1.165) is 25.9 Å². The van der Waals surface area contributed by atoms with Crippen molar-refractivity contribution in [3.63, 3.8) is 0 Å². The van der Waals surface area contributed by atoms with Crippen molar-refractivity contribution in [2.75, 3.05) is 50.7 Å². The van der Waals surface area contributed by atoms with Gasteiger partial charge in [-0.25, -0.2) is 4.39 Å². The Bertz CT molecular complexity index is 1020. The number of hydrogen-bond donors (Lipinski definition) is 1. The van der Waals surface area contributed by atoms with Crippen LogP contribution >= 0.6 is 0 Å². The maximum Gasteiger partial charge on any atom is 0.255 e. The van der Waals surface area contributed by atoms with Gasteiger partial charge in [-0.2, -0.15) is 0 Å².